The van der Waals surface area contributed by atoms with Gasteiger partial charge in [0, 0.05) is 11.1 Å². The first-order valence-electron chi connectivity index (χ1n) is 6.42. The van der Waals surface area contributed by atoms with Crippen molar-refractivity contribution in [3.8, 4) is 11.3 Å². The molecule has 1 aliphatic rings. The van der Waals surface area contributed by atoms with E-state index in [2.05, 4.69) is 9.97 Å². The molecule has 0 saturated heterocycles. The van der Waals surface area contributed by atoms with E-state index in [0.717, 1.165) is 12.1 Å². The Balaban J connectivity index is 2.41. The molecule has 0 radical (unpaired) electrons. The Labute approximate surface area is 132 Å². The number of rotatable bonds is 3. The van der Waals surface area contributed by atoms with Gasteiger partial charge in [-0.1, -0.05) is 0 Å². The second-order valence-electron chi connectivity index (χ2n) is 4.97. The maximum absolute atomic E-state index is 12.2. The number of aliphatic hydroxyl groups is 1. The molecule has 2 aromatic heterocycles. The van der Waals surface area contributed by atoms with Gasteiger partial charge in [0.25, 0.3) is 0 Å². The van der Waals surface area contributed by atoms with Crippen molar-refractivity contribution in [1.82, 2.24) is 9.97 Å². The summed E-state index contributed by atoms with van der Waals surface area (Å²) in [5.41, 5.74) is -2.59. The van der Waals surface area contributed by atoms with Gasteiger partial charge >= 0.3 is 17.9 Å². The van der Waals surface area contributed by atoms with E-state index < -0.39 is 46.7 Å². The molecule has 0 fully saturated rings. The van der Waals surface area contributed by atoms with Gasteiger partial charge in [-0.05, 0) is 12.1 Å². The van der Waals surface area contributed by atoms with Gasteiger partial charge in [-0.25, -0.2) is 19.4 Å². The molecule has 24 heavy (non-hydrogen) atoms. The minimum atomic E-state index is -1.90. The molecular formula is C14H8N2O8. The summed E-state index contributed by atoms with van der Waals surface area (Å²) in [6.07, 6.45) is -1.90. The number of nitrogens with zero attached hydrogens (tertiary/aromatic N) is 1. The van der Waals surface area contributed by atoms with Crippen LogP contribution in [0.5, 0.6) is 0 Å². The van der Waals surface area contributed by atoms with E-state index in [1.807, 2.05) is 0 Å². The quantitative estimate of drug-likeness (QED) is 0.532. The number of hydrogen-bond acceptors (Lipinski definition) is 6. The van der Waals surface area contributed by atoms with E-state index in [0.29, 0.717) is 0 Å². The summed E-state index contributed by atoms with van der Waals surface area (Å²) < 4.78 is 0. The number of H-pyrrole nitrogens is 1. The molecule has 1 atom stereocenters. The van der Waals surface area contributed by atoms with E-state index >= 15 is 0 Å². The number of fused-ring (bicyclic) bond motifs is 3. The number of Topliss-reactive ketones (excluding diaryl/α,β-unsaturated/α-hetero) is 1. The number of aromatic nitrogens is 2. The van der Waals surface area contributed by atoms with Crippen molar-refractivity contribution in [2.45, 2.75) is 6.10 Å². The van der Waals surface area contributed by atoms with Gasteiger partial charge in [-0.15, -0.1) is 0 Å². The number of ketones is 1. The van der Waals surface area contributed by atoms with Gasteiger partial charge in [0.05, 0.1) is 17.0 Å². The Morgan fingerprint density at radius 2 is 1.71 bits per heavy atom. The van der Waals surface area contributed by atoms with Crippen LogP contribution in [0.4, 0.5) is 0 Å². The number of hydrogen-bond donors (Lipinski definition) is 5. The lowest BCUT2D eigenvalue weighted by atomic mass is 9.87. The molecule has 0 aliphatic heterocycles. The minimum absolute atomic E-state index is 0.139. The number of aliphatic hydroxyl groups excluding tert-OH is 1. The van der Waals surface area contributed by atoms with Gasteiger partial charge in [0.2, 0.25) is 0 Å². The molecule has 0 aromatic carbocycles. The lowest BCUT2D eigenvalue weighted by Gasteiger charge is -2.21. The standard InChI is InChI=1S/C14H8N2O8/c17-10-4-2-6(14(23)24)15-8(4)7-3(12(19)20)1-5(13(21)22)16-9(7)11(10)18/h1-2,11,15,18H,(H,19,20)(H,21,22)(H,23,24). The Morgan fingerprint density at radius 3 is 2.25 bits per heavy atom. The van der Waals surface area contributed by atoms with Crippen LogP contribution in [0, 0.1) is 0 Å². The second-order valence-corrected chi connectivity index (χ2v) is 4.97. The fourth-order valence-electron chi connectivity index (χ4n) is 2.54. The van der Waals surface area contributed by atoms with Gasteiger partial charge in [0.1, 0.15) is 11.4 Å². The molecule has 0 amide bonds. The number of carboxylic acids is 3. The summed E-state index contributed by atoms with van der Waals surface area (Å²) in [4.78, 5) is 51.8. The number of aromatic amines is 1. The predicted octanol–water partition coefficient (Wildman–Crippen LogP) is 0.401. The summed E-state index contributed by atoms with van der Waals surface area (Å²) in [5.74, 6) is -5.36. The molecule has 10 heteroatoms. The normalized spacial score (nSPS) is 15.5. The maximum atomic E-state index is 12.2. The Kier molecular flexibility index (Phi) is 3.20. The molecule has 1 aliphatic carbocycles. The lowest BCUT2D eigenvalue weighted by Crippen LogP contribution is -2.23. The van der Waals surface area contributed by atoms with Gasteiger partial charge in [-0.3, -0.25) is 4.79 Å². The fourth-order valence-corrected chi connectivity index (χ4v) is 2.54. The SMILES string of the molecule is O=C(O)c1cc(C(=O)O)c2c(n1)C(O)C(=O)c1cc(C(=O)O)[nH]c1-2. The highest BCUT2D eigenvalue weighted by Crippen LogP contribution is 2.40. The van der Waals surface area contributed by atoms with Crippen LogP contribution in [-0.2, 0) is 0 Å². The summed E-state index contributed by atoms with van der Waals surface area (Å²) >= 11 is 0. The summed E-state index contributed by atoms with van der Waals surface area (Å²) in [5, 5.41) is 37.4. The van der Waals surface area contributed by atoms with Crippen LogP contribution < -0.4 is 0 Å². The zero-order chi connectivity index (χ0) is 17.8. The molecule has 3 rings (SSSR count). The second kappa shape index (κ2) is 4.99. The summed E-state index contributed by atoms with van der Waals surface area (Å²) in [7, 11) is 0. The maximum Gasteiger partial charge on any atom is 0.354 e. The number of carboxylic acid groups (broad SMARTS) is 3. The van der Waals surface area contributed by atoms with Crippen molar-refractivity contribution >= 4 is 23.7 Å². The van der Waals surface area contributed by atoms with E-state index in [9.17, 15) is 29.4 Å². The molecule has 5 N–H and O–H groups in total. The molecule has 1 unspecified atom stereocenters. The van der Waals surface area contributed by atoms with E-state index in [4.69, 9.17) is 10.2 Å². The van der Waals surface area contributed by atoms with Crippen molar-refractivity contribution < 1.29 is 39.6 Å². The number of nitrogens with one attached hydrogen (secondary N) is 1. The number of pyridine rings is 1. The van der Waals surface area contributed by atoms with Crippen LogP contribution in [0.15, 0.2) is 12.1 Å². The minimum Gasteiger partial charge on any atom is -0.478 e. The van der Waals surface area contributed by atoms with Gasteiger partial charge in [0.15, 0.2) is 11.9 Å². The average Bonchev–Trinajstić information content (AvgIpc) is 2.96. The van der Waals surface area contributed by atoms with Crippen molar-refractivity contribution in [3.63, 3.8) is 0 Å². The topological polar surface area (TPSA) is 178 Å². The third kappa shape index (κ3) is 2.05. The Bertz CT molecular complexity index is 942. The first-order chi connectivity index (χ1) is 11.2. The first-order valence-corrected chi connectivity index (χ1v) is 6.42. The van der Waals surface area contributed by atoms with Gasteiger partial charge < -0.3 is 25.4 Å². The Hall–Kier alpha value is -3.53. The summed E-state index contributed by atoms with van der Waals surface area (Å²) in [6, 6.07) is 1.75. The molecule has 2 aromatic rings. The number of carbonyl (C=O) groups is 4. The molecule has 10 nitrogen and oxygen atoms in total. The fraction of sp³-hybridized carbons (Fsp3) is 0.0714. The van der Waals surface area contributed by atoms with Crippen molar-refractivity contribution in [2.24, 2.45) is 0 Å². The highest BCUT2D eigenvalue weighted by atomic mass is 16.4. The molecule has 0 spiro atoms. The number of aromatic carboxylic acids is 3. The van der Waals surface area contributed by atoms with Crippen LogP contribution in [0.1, 0.15) is 53.5 Å². The van der Waals surface area contributed by atoms with Crippen molar-refractivity contribution in [1.29, 1.82) is 0 Å². The molecule has 0 saturated carbocycles. The molecule has 2 heterocycles. The molecular weight excluding hydrogens is 324 g/mol. The zero-order valence-corrected chi connectivity index (χ0v) is 11.6. The van der Waals surface area contributed by atoms with Crippen LogP contribution in [0.2, 0.25) is 0 Å². The average molecular weight is 332 g/mol. The van der Waals surface area contributed by atoms with E-state index in [1.165, 1.54) is 0 Å². The van der Waals surface area contributed by atoms with Crippen LogP contribution in [-0.4, -0.2) is 54.1 Å². The number of carbonyl (C=O) groups excluding carboxylic acids is 1. The highest BCUT2D eigenvalue weighted by molar-refractivity contribution is 6.13. The van der Waals surface area contributed by atoms with E-state index in [-0.39, 0.29) is 22.5 Å². The molecule has 0 bridgehead atoms. The largest absolute Gasteiger partial charge is 0.478 e. The van der Waals surface area contributed by atoms with Gasteiger partial charge in [-0.2, -0.15) is 0 Å². The van der Waals surface area contributed by atoms with Crippen LogP contribution in [0.3, 0.4) is 0 Å². The third-order valence-electron chi connectivity index (χ3n) is 3.57. The monoisotopic (exact) mass is 332 g/mol. The third-order valence-corrected chi connectivity index (χ3v) is 3.57. The first kappa shape index (κ1) is 15.4. The highest BCUT2D eigenvalue weighted by Gasteiger charge is 2.38. The van der Waals surface area contributed by atoms with Crippen LogP contribution in [0.25, 0.3) is 11.3 Å². The smallest absolute Gasteiger partial charge is 0.354 e. The lowest BCUT2D eigenvalue weighted by molar-refractivity contribution is 0.0669. The zero-order valence-electron chi connectivity index (χ0n) is 11.6. The molecule has 122 valence electrons. The van der Waals surface area contributed by atoms with Crippen LogP contribution >= 0.6 is 0 Å². The van der Waals surface area contributed by atoms with Crippen molar-refractivity contribution in [3.05, 3.63) is 40.3 Å². The Morgan fingerprint density at radius 1 is 1.04 bits per heavy atom. The van der Waals surface area contributed by atoms with E-state index in [1.54, 1.807) is 0 Å². The van der Waals surface area contributed by atoms with Crippen molar-refractivity contribution in [2.75, 3.05) is 0 Å². The predicted molar refractivity (Wildman–Crippen MR) is 74.2 cm³/mol. The summed E-state index contributed by atoms with van der Waals surface area (Å²) in [6.45, 7) is 0.